The van der Waals surface area contributed by atoms with Gasteiger partial charge in [-0.1, -0.05) is 30.7 Å². The van der Waals surface area contributed by atoms with Gasteiger partial charge in [0.15, 0.2) is 0 Å². The standard InChI is InChI=1S/C18H28N2O/c1-21-13-15-6-2-3-9-16(15)18(12-19)20-11-5-8-14-7-4-10-17(14)20/h2-3,6,9,14,17-18H,4-5,7-8,10-13,19H2,1H3. The SMILES string of the molecule is COCc1ccccc1C(CN)N1CCCC2CCCC21. The summed E-state index contributed by atoms with van der Waals surface area (Å²) in [6.45, 7) is 2.57. The summed E-state index contributed by atoms with van der Waals surface area (Å²) in [7, 11) is 1.77. The van der Waals surface area contributed by atoms with Crippen LogP contribution in [-0.4, -0.2) is 31.1 Å². The smallest absolute Gasteiger partial charge is 0.0716 e. The molecule has 1 aromatic carbocycles. The minimum absolute atomic E-state index is 0.349. The maximum Gasteiger partial charge on any atom is 0.0716 e. The van der Waals surface area contributed by atoms with E-state index in [0.29, 0.717) is 19.2 Å². The number of methoxy groups -OCH3 is 1. The number of likely N-dealkylation sites (tertiary alicyclic amines) is 1. The molecule has 3 heteroatoms. The Labute approximate surface area is 128 Å². The number of benzene rings is 1. The van der Waals surface area contributed by atoms with Gasteiger partial charge in [0, 0.05) is 25.7 Å². The molecule has 0 aromatic heterocycles. The van der Waals surface area contributed by atoms with Crippen molar-refractivity contribution in [1.82, 2.24) is 4.90 Å². The van der Waals surface area contributed by atoms with E-state index in [9.17, 15) is 0 Å². The zero-order chi connectivity index (χ0) is 14.7. The Morgan fingerprint density at radius 2 is 2.05 bits per heavy atom. The number of piperidine rings is 1. The highest BCUT2D eigenvalue weighted by molar-refractivity contribution is 5.30. The normalized spacial score (nSPS) is 27.5. The molecule has 2 fully saturated rings. The van der Waals surface area contributed by atoms with Gasteiger partial charge < -0.3 is 10.5 Å². The zero-order valence-corrected chi connectivity index (χ0v) is 13.1. The van der Waals surface area contributed by atoms with Gasteiger partial charge in [0.25, 0.3) is 0 Å². The van der Waals surface area contributed by atoms with Gasteiger partial charge in [0.2, 0.25) is 0 Å². The summed E-state index contributed by atoms with van der Waals surface area (Å²) in [6, 6.07) is 9.75. The molecule has 3 nitrogen and oxygen atoms in total. The molecular formula is C18H28N2O. The fraction of sp³-hybridized carbons (Fsp3) is 0.667. The molecule has 1 aliphatic heterocycles. The van der Waals surface area contributed by atoms with E-state index in [1.54, 1.807) is 7.11 Å². The lowest BCUT2D eigenvalue weighted by molar-refractivity contribution is 0.0687. The lowest BCUT2D eigenvalue weighted by atomic mass is 9.88. The highest BCUT2D eigenvalue weighted by atomic mass is 16.5. The highest BCUT2D eigenvalue weighted by Crippen LogP contribution is 2.41. The Morgan fingerprint density at radius 1 is 1.24 bits per heavy atom. The average molecular weight is 288 g/mol. The van der Waals surface area contributed by atoms with Gasteiger partial charge in [0.1, 0.15) is 0 Å². The van der Waals surface area contributed by atoms with Crippen molar-refractivity contribution in [1.29, 1.82) is 0 Å². The Bertz CT molecular complexity index is 462. The van der Waals surface area contributed by atoms with E-state index in [1.807, 2.05) is 0 Å². The molecule has 2 N–H and O–H groups in total. The van der Waals surface area contributed by atoms with Gasteiger partial charge in [-0.3, -0.25) is 4.90 Å². The first-order valence-electron chi connectivity index (χ1n) is 8.37. The molecule has 21 heavy (non-hydrogen) atoms. The predicted molar refractivity (Wildman–Crippen MR) is 86.0 cm³/mol. The van der Waals surface area contributed by atoms with E-state index in [4.69, 9.17) is 10.5 Å². The van der Waals surface area contributed by atoms with Crippen molar-refractivity contribution in [2.24, 2.45) is 11.7 Å². The third kappa shape index (κ3) is 3.01. The van der Waals surface area contributed by atoms with Crippen molar-refractivity contribution in [3.63, 3.8) is 0 Å². The van der Waals surface area contributed by atoms with Crippen LogP contribution in [0.15, 0.2) is 24.3 Å². The average Bonchev–Trinajstić information content (AvgIpc) is 2.99. The van der Waals surface area contributed by atoms with Gasteiger partial charge in [0.05, 0.1) is 6.61 Å². The van der Waals surface area contributed by atoms with Crippen molar-refractivity contribution < 1.29 is 4.74 Å². The lowest BCUT2D eigenvalue weighted by Gasteiger charge is -2.43. The molecule has 2 aliphatic rings. The fourth-order valence-corrected chi connectivity index (χ4v) is 4.47. The molecule has 0 bridgehead atoms. The van der Waals surface area contributed by atoms with Crippen LogP contribution >= 0.6 is 0 Å². The van der Waals surface area contributed by atoms with Crippen molar-refractivity contribution in [3.8, 4) is 0 Å². The van der Waals surface area contributed by atoms with Crippen LogP contribution in [0.4, 0.5) is 0 Å². The van der Waals surface area contributed by atoms with Crippen LogP contribution in [0.5, 0.6) is 0 Å². The summed E-state index contributed by atoms with van der Waals surface area (Å²) in [5, 5.41) is 0. The van der Waals surface area contributed by atoms with Gasteiger partial charge in [-0.2, -0.15) is 0 Å². The van der Waals surface area contributed by atoms with Crippen LogP contribution in [0.25, 0.3) is 0 Å². The topological polar surface area (TPSA) is 38.5 Å². The van der Waals surface area contributed by atoms with E-state index >= 15 is 0 Å². The summed E-state index contributed by atoms with van der Waals surface area (Å²) < 4.78 is 5.38. The molecule has 1 aromatic rings. The number of nitrogens with zero attached hydrogens (tertiary/aromatic N) is 1. The summed E-state index contributed by atoms with van der Waals surface area (Å²) in [5.74, 6) is 0.905. The van der Waals surface area contributed by atoms with Gasteiger partial charge in [-0.15, -0.1) is 0 Å². The van der Waals surface area contributed by atoms with E-state index in [0.717, 1.165) is 12.0 Å². The number of rotatable bonds is 5. The first-order valence-corrected chi connectivity index (χ1v) is 8.37. The summed E-state index contributed by atoms with van der Waals surface area (Å²) in [6.07, 6.45) is 6.90. The summed E-state index contributed by atoms with van der Waals surface area (Å²) in [4.78, 5) is 2.70. The van der Waals surface area contributed by atoms with Crippen molar-refractivity contribution in [2.45, 2.75) is 50.8 Å². The first-order chi connectivity index (χ1) is 10.3. The Kier molecular flexibility index (Phi) is 4.94. The quantitative estimate of drug-likeness (QED) is 0.905. The number of fused-ring (bicyclic) bond motifs is 1. The molecule has 1 saturated heterocycles. The molecule has 3 unspecified atom stereocenters. The third-order valence-corrected chi connectivity index (χ3v) is 5.37. The Balaban J connectivity index is 1.87. The van der Waals surface area contributed by atoms with Crippen LogP contribution < -0.4 is 5.73 Å². The Hall–Kier alpha value is -0.900. The van der Waals surface area contributed by atoms with E-state index in [1.165, 1.54) is 49.8 Å². The monoisotopic (exact) mass is 288 g/mol. The molecule has 3 atom stereocenters. The maximum atomic E-state index is 6.20. The van der Waals surface area contributed by atoms with Crippen molar-refractivity contribution in [3.05, 3.63) is 35.4 Å². The van der Waals surface area contributed by atoms with Crippen LogP contribution in [0, 0.1) is 5.92 Å². The molecule has 1 aliphatic carbocycles. The Morgan fingerprint density at radius 3 is 2.86 bits per heavy atom. The summed E-state index contributed by atoms with van der Waals surface area (Å²) in [5.41, 5.74) is 8.86. The van der Waals surface area contributed by atoms with E-state index in [-0.39, 0.29) is 0 Å². The lowest BCUT2D eigenvalue weighted by Crippen LogP contribution is -2.47. The predicted octanol–water partition coefficient (Wildman–Crippen LogP) is 3.10. The molecule has 0 amide bonds. The van der Waals surface area contributed by atoms with Crippen molar-refractivity contribution >= 4 is 0 Å². The van der Waals surface area contributed by atoms with Crippen LogP contribution in [0.1, 0.15) is 49.3 Å². The second kappa shape index (κ2) is 6.91. The second-order valence-corrected chi connectivity index (χ2v) is 6.52. The molecule has 1 heterocycles. The third-order valence-electron chi connectivity index (χ3n) is 5.37. The zero-order valence-electron chi connectivity index (χ0n) is 13.1. The number of hydrogen-bond acceptors (Lipinski definition) is 3. The van der Waals surface area contributed by atoms with E-state index in [2.05, 4.69) is 29.2 Å². The molecule has 116 valence electrons. The van der Waals surface area contributed by atoms with Crippen LogP contribution in [-0.2, 0) is 11.3 Å². The second-order valence-electron chi connectivity index (χ2n) is 6.52. The molecule has 3 rings (SSSR count). The molecule has 0 radical (unpaired) electrons. The number of ether oxygens (including phenoxy) is 1. The van der Waals surface area contributed by atoms with Gasteiger partial charge in [-0.05, 0) is 49.3 Å². The largest absolute Gasteiger partial charge is 0.380 e. The van der Waals surface area contributed by atoms with Crippen LogP contribution in [0.3, 0.4) is 0 Å². The molecule has 1 saturated carbocycles. The van der Waals surface area contributed by atoms with Crippen LogP contribution in [0.2, 0.25) is 0 Å². The first kappa shape index (κ1) is 15.0. The van der Waals surface area contributed by atoms with Crippen molar-refractivity contribution in [2.75, 3.05) is 20.2 Å². The maximum absolute atomic E-state index is 6.20. The van der Waals surface area contributed by atoms with E-state index < -0.39 is 0 Å². The minimum Gasteiger partial charge on any atom is -0.380 e. The minimum atomic E-state index is 0.349. The number of hydrogen-bond donors (Lipinski definition) is 1. The number of nitrogens with two attached hydrogens (primary N) is 1. The highest BCUT2D eigenvalue weighted by Gasteiger charge is 2.38. The summed E-state index contributed by atoms with van der Waals surface area (Å²) >= 11 is 0. The molecular weight excluding hydrogens is 260 g/mol. The van der Waals surface area contributed by atoms with Gasteiger partial charge in [-0.25, -0.2) is 0 Å². The molecule has 0 spiro atoms. The fourth-order valence-electron chi connectivity index (χ4n) is 4.47. The van der Waals surface area contributed by atoms with Gasteiger partial charge >= 0.3 is 0 Å².